The molecule has 1 aliphatic rings. The van der Waals surface area contributed by atoms with Crippen LogP contribution in [0.4, 0.5) is 13.2 Å². The van der Waals surface area contributed by atoms with Gasteiger partial charge in [-0.05, 0) is 37.5 Å². The molecule has 140 valence electrons. The van der Waals surface area contributed by atoms with Crippen LogP contribution in [0.5, 0.6) is 5.75 Å². The van der Waals surface area contributed by atoms with Gasteiger partial charge in [-0.2, -0.15) is 13.2 Å². The van der Waals surface area contributed by atoms with Gasteiger partial charge in [-0.15, -0.1) is 0 Å². The number of nitrogens with two attached hydrogens (primary N) is 1. The maximum atomic E-state index is 12.6. The van der Waals surface area contributed by atoms with E-state index in [4.69, 9.17) is 10.5 Å². The summed E-state index contributed by atoms with van der Waals surface area (Å²) in [6, 6.07) is 4.45. The molecule has 1 saturated carbocycles. The van der Waals surface area contributed by atoms with E-state index in [9.17, 15) is 23.1 Å². The second-order valence-electron chi connectivity index (χ2n) is 6.36. The number of amides is 1. The van der Waals surface area contributed by atoms with Crippen LogP contribution in [-0.4, -0.2) is 36.3 Å². The first-order chi connectivity index (χ1) is 11.8. The number of alkyl halides is 3. The SMILES string of the molecule is NC1CCCC(C(=O)NCC(O)COc2cccc(C(F)(F)F)c2)C1. The highest BCUT2D eigenvalue weighted by atomic mass is 19.4. The first-order valence-electron chi connectivity index (χ1n) is 8.27. The summed E-state index contributed by atoms with van der Waals surface area (Å²) in [4.78, 5) is 12.0. The first kappa shape index (κ1) is 19.5. The van der Waals surface area contributed by atoms with E-state index in [2.05, 4.69) is 5.32 Å². The molecule has 5 nitrogen and oxygen atoms in total. The lowest BCUT2D eigenvalue weighted by Gasteiger charge is -2.26. The van der Waals surface area contributed by atoms with Crippen molar-refractivity contribution in [2.75, 3.05) is 13.2 Å². The number of carbonyl (C=O) groups is 1. The van der Waals surface area contributed by atoms with Crippen molar-refractivity contribution in [3.05, 3.63) is 29.8 Å². The molecule has 25 heavy (non-hydrogen) atoms. The molecule has 0 saturated heterocycles. The number of hydrogen-bond acceptors (Lipinski definition) is 4. The highest BCUT2D eigenvalue weighted by Crippen LogP contribution is 2.31. The Hall–Kier alpha value is -1.80. The molecule has 0 aromatic heterocycles. The van der Waals surface area contributed by atoms with Crippen LogP contribution < -0.4 is 15.8 Å². The largest absolute Gasteiger partial charge is 0.491 e. The van der Waals surface area contributed by atoms with Crippen LogP contribution in [0.25, 0.3) is 0 Å². The first-order valence-corrected chi connectivity index (χ1v) is 8.27. The number of rotatable bonds is 6. The van der Waals surface area contributed by atoms with E-state index in [1.54, 1.807) is 0 Å². The average molecular weight is 360 g/mol. The Morgan fingerprint density at radius 2 is 2.16 bits per heavy atom. The minimum absolute atomic E-state index is 0.0125. The van der Waals surface area contributed by atoms with Crippen LogP contribution in [0.15, 0.2) is 24.3 Å². The lowest BCUT2D eigenvalue weighted by molar-refractivity contribution is -0.137. The molecular weight excluding hydrogens is 337 g/mol. The van der Waals surface area contributed by atoms with Crippen molar-refractivity contribution in [1.82, 2.24) is 5.32 Å². The highest BCUT2D eigenvalue weighted by molar-refractivity contribution is 5.78. The smallest absolute Gasteiger partial charge is 0.416 e. The molecular formula is C17H23F3N2O3. The molecule has 0 heterocycles. The summed E-state index contributed by atoms with van der Waals surface area (Å²) in [5, 5.41) is 12.5. The van der Waals surface area contributed by atoms with E-state index in [-0.39, 0.29) is 36.8 Å². The van der Waals surface area contributed by atoms with E-state index in [0.29, 0.717) is 6.42 Å². The van der Waals surface area contributed by atoms with Gasteiger partial charge >= 0.3 is 6.18 Å². The molecule has 1 aromatic carbocycles. The number of nitrogens with one attached hydrogen (secondary N) is 1. The zero-order chi connectivity index (χ0) is 18.4. The maximum absolute atomic E-state index is 12.6. The third-order valence-corrected chi connectivity index (χ3v) is 4.20. The summed E-state index contributed by atoms with van der Waals surface area (Å²) in [5.74, 6) is -0.299. The zero-order valence-electron chi connectivity index (χ0n) is 13.8. The van der Waals surface area contributed by atoms with Crippen molar-refractivity contribution < 1.29 is 27.8 Å². The summed E-state index contributed by atoms with van der Waals surface area (Å²) in [7, 11) is 0. The molecule has 4 N–H and O–H groups in total. The van der Waals surface area contributed by atoms with E-state index >= 15 is 0 Å². The third-order valence-electron chi connectivity index (χ3n) is 4.20. The lowest BCUT2D eigenvalue weighted by atomic mass is 9.85. The van der Waals surface area contributed by atoms with Crippen LogP contribution in [0.1, 0.15) is 31.2 Å². The number of halogens is 3. The second kappa shape index (κ2) is 8.53. The second-order valence-corrected chi connectivity index (χ2v) is 6.36. The maximum Gasteiger partial charge on any atom is 0.416 e. The lowest BCUT2D eigenvalue weighted by Crippen LogP contribution is -2.41. The molecule has 2 rings (SSSR count). The monoisotopic (exact) mass is 360 g/mol. The van der Waals surface area contributed by atoms with Crippen LogP contribution in [0, 0.1) is 5.92 Å². The fraction of sp³-hybridized carbons (Fsp3) is 0.588. The topological polar surface area (TPSA) is 84.6 Å². The van der Waals surface area contributed by atoms with Crippen molar-refractivity contribution in [2.24, 2.45) is 11.7 Å². The van der Waals surface area contributed by atoms with E-state index < -0.39 is 17.8 Å². The molecule has 1 amide bonds. The quantitative estimate of drug-likeness (QED) is 0.725. The van der Waals surface area contributed by atoms with Gasteiger partial charge in [0.1, 0.15) is 18.5 Å². The molecule has 0 radical (unpaired) electrons. The van der Waals surface area contributed by atoms with Gasteiger partial charge in [-0.25, -0.2) is 0 Å². The van der Waals surface area contributed by atoms with Crippen molar-refractivity contribution in [3.8, 4) is 5.75 Å². The number of aliphatic hydroxyl groups excluding tert-OH is 1. The molecule has 1 aliphatic carbocycles. The van der Waals surface area contributed by atoms with Gasteiger partial charge in [-0.3, -0.25) is 4.79 Å². The van der Waals surface area contributed by atoms with Crippen LogP contribution >= 0.6 is 0 Å². The van der Waals surface area contributed by atoms with Crippen molar-refractivity contribution >= 4 is 5.91 Å². The van der Waals surface area contributed by atoms with Crippen molar-refractivity contribution in [3.63, 3.8) is 0 Å². The molecule has 0 spiro atoms. The molecule has 1 fully saturated rings. The van der Waals surface area contributed by atoms with Gasteiger partial charge in [0.05, 0.1) is 5.56 Å². The van der Waals surface area contributed by atoms with E-state index in [1.807, 2.05) is 0 Å². The number of aliphatic hydroxyl groups is 1. The fourth-order valence-electron chi connectivity index (χ4n) is 2.84. The van der Waals surface area contributed by atoms with E-state index in [1.165, 1.54) is 12.1 Å². The summed E-state index contributed by atoms with van der Waals surface area (Å²) in [6.45, 7) is -0.241. The summed E-state index contributed by atoms with van der Waals surface area (Å²) < 4.78 is 43.0. The zero-order valence-corrected chi connectivity index (χ0v) is 13.8. The molecule has 3 atom stereocenters. The third kappa shape index (κ3) is 6.21. The Kier molecular flexibility index (Phi) is 6.66. The van der Waals surface area contributed by atoms with Gasteiger partial charge in [0.2, 0.25) is 5.91 Å². The van der Waals surface area contributed by atoms with Gasteiger partial charge in [0.25, 0.3) is 0 Å². The van der Waals surface area contributed by atoms with Crippen LogP contribution in [-0.2, 0) is 11.0 Å². The van der Waals surface area contributed by atoms with Gasteiger partial charge in [0, 0.05) is 18.5 Å². The van der Waals surface area contributed by atoms with Crippen LogP contribution in [0.3, 0.4) is 0 Å². The minimum Gasteiger partial charge on any atom is -0.491 e. The molecule has 0 aliphatic heterocycles. The molecule has 3 unspecified atom stereocenters. The summed E-state index contributed by atoms with van der Waals surface area (Å²) >= 11 is 0. The normalized spacial score (nSPS) is 22.3. The highest BCUT2D eigenvalue weighted by Gasteiger charge is 2.30. The Bertz CT molecular complexity index is 581. The standard InChI is InChI=1S/C17H23F3N2O3/c18-17(19,20)12-4-2-6-15(8-12)25-10-14(23)9-22-16(24)11-3-1-5-13(21)7-11/h2,4,6,8,11,13-14,23H,1,3,5,7,9-10,21H2,(H,22,24). The summed E-state index contributed by atoms with van der Waals surface area (Å²) in [6.07, 6.45) is -2.25. The van der Waals surface area contributed by atoms with Crippen molar-refractivity contribution in [1.29, 1.82) is 0 Å². The predicted octanol–water partition coefficient (Wildman–Crippen LogP) is 2.08. The van der Waals surface area contributed by atoms with E-state index in [0.717, 1.165) is 31.4 Å². The Balaban J connectivity index is 1.75. The Morgan fingerprint density at radius 1 is 1.40 bits per heavy atom. The predicted molar refractivity (Wildman–Crippen MR) is 85.9 cm³/mol. The van der Waals surface area contributed by atoms with Crippen molar-refractivity contribution in [2.45, 2.75) is 44.0 Å². The van der Waals surface area contributed by atoms with Gasteiger partial charge in [-0.1, -0.05) is 12.5 Å². The summed E-state index contributed by atoms with van der Waals surface area (Å²) in [5.41, 5.74) is 5.03. The fourth-order valence-corrected chi connectivity index (χ4v) is 2.84. The Morgan fingerprint density at radius 3 is 2.84 bits per heavy atom. The molecule has 0 bridgehead atoms. The van der Waals surface area contributed by atoms with Gasteiger partial charge in [0.15, 0.2) is 0 Å². The number of carbonyl (C=O) groups excluding carboxylic acids is 1. The number of ether oxygens (including phenoxy) is 1. The van der Waals surface area contributed by atoms with Crippen LogP contribution in [0.2, 0.25) is 0 Å². The minimum atomic E-state index is -4.45. The molecule has 1 aromatic rings. The number of hydrogen-bond donors (Lipinski definition) is 3. The average Bonchev–Trinajstić information content (AvgIpc) is 2.57. The van der Waals surface area contributed by atoms with Gasteiger partial charge < -0.3 is 20.9 Å². The molecule has 8 heteroatoms. The Labute approximate surface area is 144 Å². The number of benzene rings is 1.